The van der Waals surface area contributed by atoms with Crippen molar-refractivity contribution in [1.29, 1.82) is 0 Å². The molecule has 0 radical (unpaired) electrons. The highest BCUT2D eigenvalue weighted by Crippen LogP contribution is 2.38. The first-order valence-corrected chi connectivity index (χ1v) is 10.6. The molecule has 0 saturated heterocycles. The molecule has 34 heavy (non-hydrogen) atoms. The number of nitrogens with one attached hydrogen (secondary N) is 3. The molecule has 2 amide bonds. The average molecular weight is 460 g/mol. The molecular weight excluding hydrogens is 436 g/mol. The number of hydrogen-bond donors (Lipinski definition) is 5. The van der Waals surface area contributed by atoms with E-state index in [1.807, 2.05) is 19.1 Å². The summed E-state index contributed by atoms with van der Waals surface area (Å²) in [5, 5.41) is 24.0. The van der Waals surface area contributed by atoms with Gasteiger partial charge in [-0.15, -0.1) is 0 Å². The molecule has 0 saturated carbocycles. The smallest absolute Gasteiger partial charge is 0.253 e. The number of fused-ring (bicyclic) bond motifs is 1. The molecule has 5 N–H and O–H groups in total. The van der Waals surface area contributed by atoms with Crippen molar-refractivity contribution in [2.75, 3.05) is 18.5 Å². The van der Waals surface area contributed by atoms with Crippen LogP contribution in [0.3, 0.4) is 0 Å². The van der Waals surface area contributed by atoms with Crippen LogP contribution in [0.5, 0.6) is 0 Å². The van der Waals surface area contributed by atoms with Gasteiger partial charge in [0.2, 0.25) is 5.91 Å². The monoisotopic (exact) mass is 460 g/mol. The third-order valence-corrected chi connectivity index (χ3v) is 5.26. The number of aryl methyl sites for hydroxylation is 1. The topological polar surface area (TPSA) is 153 Å². The van der Waals surface area contributed by atoms with E-state index in [9.17, 15) is 19.8 Å². The minimum atomic E-state index is -0.786. The Labute approximate surface area is 195 Å². The van der Waals surface area contributed by atoms with Crippen LogP contribution in [-0.2, 0) is 4.79 Å². The zero-order valence-electron chi connectivity index (χ0n) is 18.7. The van der Waals surface area contributed by atoms with Gasteiger partial charge in [-0.2, -0.15) is 0 Å². The third kappa shape index (κ3) is 4.63. The molecule has 0 aliphatic rings. The van der Waals surface area contributed by atoms with Gasteiger partial charge < -0.3 is 25.8 Å². The van der Waals surface area contributed by atoms with E-state index >= 15 is 0 Å². The number of amides is 2. The van der Waals surface area contributed by atoms with E-state index in [-0.39, 0.29) is 5.91 Å². The lowest BCUT2D eigenvalue weighted by molar-refractivity contribution is -0.114. The van der Waals surface area contributed by atoms with Crippen molar-refractivity contribution in [2.45, 2.75) is 19.9 Å². The largest absolute Gasteiger partial charge is 0.394 e. The van der Waals surface area contributed by atoms with Crippen molar-refractivity contribution < 1.29 is 19.8 Å². The number of aromatic amines is 1. The van der Waals surface area contributed by atoms with Crippen molar-refractivity contribution in [3.63, 3.8) is 0 Å². The van der Waals surface area contributed by atoms with Crippen LogP contribution in [0.15, 0.2) is 48.9 Å². The van der Waals surface area contributed by atoms with Gasteiger partial charge in [0.1, 0.15) is 5.82 Å². The van der Waals surface area contributed by atoms with Crippen molar-refractivity contribution in [3.05, 3.63) is 60.2 Å². The number of H-pyrrole nitrogens is 1. The summed E-state index contributed by atoms with van der Waals surface area (Å²) < 4.78 is 0. The number of nitrogens with zero attached hydrogens (tertiary/aromatic N) is 3. The third-order valence-electron chi connectivity index (χ3n) is 5.26. The Bertz CT molecular complexity index is 1350. The number of pyridine rings is 3. The summed E-state index contributed by atoms with van der Waals surface area (Å²) in [6.45, 7) is 2.51. The second kappa shape index (κ2) is 9.77. The van der Waals surface area contributed by atoms with Crippen molar-refractivity contribution in [3.8, 4) is 22.4 Å². The number of aromatic nitrogens is 4. The standard InChI is InChI=1S/C24H24N6O4/c1-13-3-4-16(10-27-13)20-21(15-5-7-25-19(9-15)28-14(2)33)30-22-18(6-8-26-23(20)22)24(34)29-17(11-31)12-32/h3-10,17,30-32H,11-12H2,1-2H3,(H,29,34)(H,25,28,33). The number of aliphatic hydroxyl groups is 2. The molecule has 0 unspecified atom stereocenters. The Morgan fingerprint density at radius 3 is 2.47 bits per heavy atom. The molecular formula is C24H24N6O4. The highest BCUT2D eigenvalue weighted by Gasteiger charge is 2.22. The Morgan fingerprint density at radius 2 is 1.79 bits per heavy atom. The Kier molecular flexibility index (Phi) is 6.62. The van der Waals surface area contributed by atoms with Gasteiger partial charge in [-0.3, -0.25) is 19.6 Å². The molecule has 0 aliphatic heterocycles. The van der Waals surface area contributed by atoms with E-state index in [1.54, 1.807) is 30.6 Å². The Hall–Kier alpha value is -4.15. The molecule has 0 bridgehead atoms. The van der Waals surface area contributed by atoms with Crippen molar-refractivity contribution >= 4 is 28.7 Å². The lowest BCUT2D eigenvalue weighted by Gasteiger charge is -2.13. The van der Waals surface area contributed by atoms with Gasteiger partial charge in [0.05, 0.1) is 41.5 Å². The SMILES string of the molecule is CC(=O)Nc1cc(-c2[nH]c3c(C(=O)NC(CO)CO)ccnc3c2-c2ccc(C)nc2)ccn1. The van der Waals surface area contributed by atoms with Crippen LogP contribution in [-0.4, -0.2) is 61.2 Å². The summed E-state index contributed by atoms with van der Waals surface area (Å²) in [7, 11) is 0. The maximum absolute atomic E-state index is 12.9. The van der Waals surface area contributed by atoms with Gasteiger partial charge in [0.25, 0.3) is 5.91 Å². The summed E-state index contributed by atoms with van der Waals surface area (Å²) in [6, 6.07) is 8.10. The number of hydrogen-bond acceptors (Lipinski definition) is 7. The molecule has 4 aromatic rings. The first-order chi connectivity index (χ1) is 16.4. The van der Waals surface area contributed by atoms with Crippen LogP contribution < -0.4 is 10.6 Å². The molecule has 4 aromatic heterocycles. The van der Waals surface area contributed by atoms with Gasteiger partial charge in [0.15, 0.2) is 0 Å². The molecule has 4 heterocycles. The van der Waals surface area contributed by atoms with E-state index in [0.717, 1.165) is 22.4 Å². The molecule has 4 rings (SSSR count). The van der Waals surface area contributed by atoms with Crippen molar-refractivity contribution in [1.82, 2.24) is 25.3 Å². The summed E-state index contributed by atoms with van der Waals surface area (Å²) in [5.74, 6) is -0.320. The Morgan fingerprint density at radius 1 is 1.03 bits per heavy atom. The van der Waals surface area contributed by atoms with E-state index in [2.05, 4.69) is 30.6 Å². The summed E-state index contributed by atoms with van der Waals surface area (Å²) in [6.07, 6.45) is 4.85. The Balaban J connectivity index is 1.92. The number of anilines is 1. The van der Waals surface area contributed by atoms with E-state index in [4.69, 9.17) is 0 Å². The molecule has 10 nitrogen and oxygen atoms in total. The minimum Gasteiger partial charge on any atom is -0.394 e. The van der Waals surface area contributed by atoms with Crippen LogP contribution >= 0.6 is 0 Å². The van der Waals surface area contributed by atoms with Crippen LogP contribution in [0.4, 0.5) is 5.82 Å². The quantitative estimate of drug-likeness (QED) is 0.283. The average Bonchev–Trinajstić information content (AvgIpc) is 3.22. The lowest BCUT2D eigenvalue weighted by Crippen LogP contribution is -2.40. The molecule has 0 spiro atoms. The fourth-order valence-electron chi connectivity index (χ4n) is 3.63. The fraction of sp³-hybridized carbons (Fsp3) is 0.208. The molecule has 0 aromatic carbocycles. The van der Waals surface area contributed by atoms with E-state index < -0.39 is 25.2 Å². The van der Waals surface area contributed by atoms with Crippen LogP contribution in [0.25, 0.3) is 33.4 Å². The van der Waals surface area contributed by atoms with Crippen LogP contribution in [0, 0.1) is 6.92 Å². The van der Waals surface area contributed by atoms with Crippen molar-refractivity contribution in [2.24, 2.45) is 0 Å². The zero-order chi connectivity index (χ0) is 24.2. The van der Waals surface area contributed by atoms with Gasteiger partial charge in [-0.1, -0.05) is 6.07 Å². The summed E-state index contributed by atoms with van der Waals surface area (Å²) >= 11 is 0. The van der Waals surface area contributed by atoms with Crippen LogP contribution in [0.2, 0.25) is 0 Å². The van der Waals surface area contributed by atoms with Gasteiger partial charge in [-0.25, -0.2) is 4.98 Å². The van der Waals surface area contributed by atoms with Gasteiger partial charge >= 0.3 is 0 Å². The highest BCUT2D eigenvalue weighted by molar-refractivity contribution is 6.11. The first kappa shape index (κ1) is 23.0. The lowest BCUT2D eigenvalue weighted by atomic mass is 10.0. The van der Waals surface area contributed by atoms with E-state index in [0.29, 0.717) is 28.1 Å². The summed E-state index contributed by atoms with van der Waals surface area (Å²) in [5.41, 5.74) is 5.12. The number of aliphatic hydroxyl groups excluding tert-OH is 2. The fourth-order valence-corrected chi connectivity index (χ4v) is 3.63. The molecule has 0 atom stereocenters. The number of rotatable bonds is 7. The van der Waals surface area contributed by atoms with Gasteiger partial charge in [0, 0.05) is 47.9 Å². The van der Waals surface area contributed by atoms with E-state index in [1.165, 1.54) is 13.1 Å². The maximum Gasteiger partial charge on any atom is 0.253 e. The predicted molar refractivity (Wildman–Crippen MR) is 127 cm³/mol. The molecule has 0 aliphatic carbocycles. The normalized spacial score (nSPS) is 11.1. The minimum absolute atomic E-state index is 0.243. The second-order valence-electron chi connectivity index (χ2n) is 7.79. The molecule has 0 fully saturated rings. The maximum atomic E-state index is 12.9. The second-order valence-corrected chi connectivity index (χ2v) is 7.79. The number of carbonyl (C=O) groups is 2. The zero-order valence-corrected chi connectivity index (χ0v) is 18.7. The first-order valence-electron chi connectivity index (χ1n) is 10.6. The van der Waals surface area contributed by atoms with Gasteiger partial charge in [-0.05, 0) is 31.2 Å². The predicted octanol–water partition coefficient (Wildman–Crippen LogP) is 2.04. The molecule has 10 heteroatoms. The highest BCUT2D eigenvalue weighted by atomic mass is 16.3. The number of carbonyl (C=O) groups excluding carboxylic acids is 2. The summed E-state index contributed by atoms with van der Waals surface area (Å²) in [4.78, 5) is 40.9. The molecule has 174 valence electrons. The van der Waals surface area contributed by atoms with Crippen LogP contribution in [0.1, 0.15) is 23.0 Å².